The topological polar surface area (TPSA) is 33.6 Å². The second-order valence-corrected chi connectivity index (χ2v) is 6.14. The van der Waals surface area contributed by atoms with E-state index in [0.717, 1.165) is 25.5 Å². The third kappa shape index (κ3) is 6.15. The van der Waals surface area contributed by atoms with E-state index in [0.29, 0.717) is 13.0 Å². The zero-order valence-corrected chi connectivity index (χ0v) is 14.0. The summed E-state index contributed by atoms with van der Waals surface area (Å²) in [4.78, 5) is 3.98. The van der Waals surface area contributed by atoms with Gasteiger partial charge in [-0.05, 0) is 19.3 Å². The third-order valence-electron chi connectivity index (χ3n) is 4.03. The number of hydrogen-bond donors (Lipinski definition) is 1. The Morgan fingerprint density at radius 3 is 2.96 bits per heavy atom. The lowest BCUT2D eigenvalue weighted by Gasteiger charge is -2.23. The molecule has 0 aromatic heterocycles. The SMILES string of the molecule is CCCC(F)(F)CNC1=C(F)C=NC(OCCC2=CC=CCC2)C1. The van der Waals surface area contributed by atoms with Crippen LogP contribution in [-0.2, 0) is 4.74 Å². The molecule has 1 atom stereocenters. The minimum absolute atomic E-state index is 0.144. The number of ether oxygens (including phenoxy) is 1. The summed E-state index contributed by atoms with van der Waals surface area (Å²) in [5, 5.41) is 2.53. The summed E-state index contributed by atoms with van der Waals surface area (Å²) in [6.07, 6.45) is 9.97. The number of hydrogen-bond acceptors (Lipinski definition) is 3. The van der Waals surface area contributed by atoms with Crippen LogP contribution in [-0.4, -0.2) is 31.5 Å². The summed E-state index contributed by atoms with van der Waals surface area (Å²) >= 11 is 0. The summed E-state index contributed by atoms with van der Waals surface area (Å²) < 4.78 is 46.5. The highest BCUT2D eigenvalue weighted by atomic mass is 19.3. The molecule has 2 aliphatic rings. The first-order valence-electron chi connectivity index (χ1n) is 8.50. The van der Waals surface area contributed by atoms with Crippen molar-refractivity contribution >= 4 is 6.21 Å². The highest BCUT2D eigenvalue weighted by Crippen LogP contribution is 2.23. The molecule has 0 radical (unpaired) electrons. The number of halogens is 3. The Balaban J connectivity index is 1.76. The fraction of sp³-hybridized carbons (Fsp3) is 0.611. The van der Waals surface area contributed by atoms with E-state index >= 15 is 0 Å². The molecule has 24 heavy (non-hydrogen) atoms. The Labute approximate surface area is 141 Å². The van der Waals surface area contributed by atoms with E-state index in [1.54, 1.807) is 6.92 Å². The third-order valence-corrected chi connectivity index (χ3v) is 4.03. The van der Waals surface area contributed by atoms with Gasteiger partial charge in [-0.1, -0.05) is 37.1 Å². The number of nitrogens with one attached hydrogen (secondary N) is 1. The second-order valence-electron chi connectivity index (χ2n) is 6.14. The van der Waals surface area contributed by atoms with E-state index in [4.69, 9.17) is 4.74 Å². The van der Waals surface area contributed by atoms with Crippen LogP contribution < -0.4 is 5.32 Å². The highest BCUT2D eigenvalue weighted by molar-refractivity contribution is 5.77. The largest absolute Gasteiger partial charge is 0.380 e. The zero-order chi connectivity index (χ0) is 17.4. The highest BCUT2D eigenvalue weighted by Gasteiger charge is 2.29. The number of alkyl halides is 2. The molecular formula is C18H25F3N2O. The predicted molar refractivity (Wildman–Crippen MR) is 89.9 cm³/mol. The van der Waals surface area contributed by atoms with Crippen molar-refractivity contribution in [1.29, 1.82) is 0 Å². The molecule has 0 aromatic carbocycles. The van der Waals surface area contributed by atoms with E-state index in [-0.39, 0.29) is 18.5 Å². The fourth-order valence-corrected chi connectivity index (χ4v) is 2.69. The van der Waals surface area contributed by atoms with Crippen molar-refractivity contribution in [3.63, 3.8) is 0 Å². The fourth-order valence-electron chi connectivity index (χ4n) is 2.69. The maximum atomic E-state index is 13.7. The van der Waals surface area contributed by atoms with Gasteiger partial charge in [0.2, 0.25) is 0 Å². The molecule has 1 heterocycles. The monoisotopic (exact) mass is 342 g/mol. The average Bonchev–Trinajstić information content (AvgIpc) is 2.56. The predicted octanol–water partition coefficient (Wildman–Crippen LogP) is 4.68. The van der Waals surface area contributed by atoms with Crippen molar-refractivity contribution in [2.45, 2.75) is 57.6 Å². The molecule has 6 heteroatoms. The second kappa shape index (κ2) is 9.06. The van der Waals surface area contributed by atoms with Crippen molar-refractivity contribution in [1.82, 2.24) is 5.32 Å². The van der Waals surface area contributed by atoms with Gasteiger partial charge in [0.1, 0.15) is 0 Å². The van der Waals surface area contributed by atoms with Gasteiger partial charge in [-0.25, -0.2) is 13.2 Å². The van der Waals surface area contributed by atoms with Crippen molar-refractivity contribution in [2.75, 3.05) is 13.2 Å². The van der Waals surface area contributed by atoms with Crippen molar-refractivity contribution < 1.29 is 17.9 Å². The van der Waals surface area contributed by atoms with E-state index in [2.05, 4.69) is 22.5 Å². The quantitative estimate of drug-likeness (QED) is 0.660. The standard InChI is InChI=1S/C18H25F3N2O/c1-2-9-18(20,21)13-23-16-11-17(22-12-15(16)19)24-10-8-14-6-4-3-5-7-14/h3-4,6,12,17,23H,2,5,7-11,13H2,1H3. The van der Waals surface area contributed by atoms with Crippen molar-refractivity contribution in [2.24, 2.45) is 4.99 Å². The Morgan fingerprint density at radius 2 is 2.25 bits per heavy atom. The van der Waals surface area contributed by atoms with E-state index < -0.39 is 24.5 Å². The van der Waals surface area contributed by atoms with Gasteiger partial charge >= 0.3 is 0 Å². The van der Waals surface area contributed by atoms with Crippen molar-refractivity contribution in [3.8, 4) is 0 Å². The minimum Gasteiger partial charge on any atom is -0.380 e. The Hall–Kier alpha value is -1.56. The molecule has 1 unspecified atom stereocenters. The molecule has 134 valence electrons. The van der Waals surface area contributed by atoms with Gasteiger partial charge in [0.15, 0.2) is 12.1 Å². The lowest BCUT2D eigenvalue weighted by molar-refractivity contribution is -0.00621. The van der Waals surface area contributed by atoms with Crippen LogP contribution in [0.15, 0.2) is 40.3 Å². The number of nitrogens with zero attached hydrogens (tertiary/aromatic N) is 1. The molecule has 1 aliphatic carbocycles. The molecule has 3 nitrogen and oxygen atoms in total. The van der Waals surface area contributed by atoms with Gasteiger partial charge in [-0.3, -0.25) is 4.99 Å². The van der Waals surface area contributed by atoms with E-state index in [1.165, 1.54) is 5.57 Å². The van der Waals surface area contributed by atoms with Gasteiger partial charge in [0, 0.05) is 12.8 Å². The number of rotatable bonds is 9. The van der Waals surface area contributed by atoms with Gasteiger partial charge in [0.05, 0.1) is 25.1 Å². The lowest BCUT2D eigenvalue weighted by atomic mass is 10.0. The maximum Gasteiger partial charge on any atom is 0.264 e. The van der Waals surface area contributed by atoms with Crippen LogP contribution in [0.2, 0.25) is 0 Å². The molecule has 0 saturated carbocycles. The maximum absolute atomic E-state index is 13.7. The van der Waals surface area contributed by atoms with Crippen LogP contribution in [0, 0.1) is 0 Å². The first kappa shape index (κ1) is 18.8. The lowest BCUT2D eigenvalue weighted by Crippen LogP contribution is -2.34. The van der Waals surface area contributed by atoms with Gasteiger partial charge < -0.3 is 10.1 Å². The Bertz CT molecular complexity index is 538. The first-order chi connectivity index (χ1) is 11.5. The van der Waals surface area contributed by atoms with Crippen LogP contribution in [0.3, 0.4) is 0 Å². The Kier molecular flexibility index (Phi) is 7.09. The number of dihydropyridines is 1. The van der Waals surface area contributed by atoms with Crippen LogP contribution in [0.5, 0.6) is 0 Å². The molecule has 0 spiro atoms. The normalized spacial score (nSPS) is 21.2. The zero-order valence-electron chi connectivity index (χ0n) is 14.0. The number of aliphatic imine (C=N–C) groups is 1. The van der Waals surface area contributed by atoms with Crippen LogP contribution in [0.1, 0.15) is 45.4 Å². The summed E-state index contributed by atoms with van der Waals surface area (Å²) in [6.45, 7) is 1.62. The molecule has 0 saturated heterocycles. The van der Waals surface area contributed by atoms with Gasteiger partial charge in [0.25, 0.3) is 5.92 Å². The van der Waals surface area contributed by atoms with Crippen LogP contribution in [0.25, 0.3) is 0 Å². The van der Waals surface area contributed by atoms with Crippen LogP contribution >= 0.6 is 0 Å². The minimum atomic E-state index is -2.84. The van der Waals surface area contributed by atoms with Gasteiger partial charge in [-0.15, -0.1) is 0 Å². The number of allylic oxidation sites excluding steroid dienone is 4. The smallest absolute Gasteiger partial charge is 0.264 e. The summed E-state index contributed by atoms with van der Waals surface area (Å²) in [7, 11) is 0. The molecule has 1 N–H and O–H groups in total. The Morgan fingerprint density at radius 1 is 1.42 bits per heavy atom. The van der Waals surface area contributed by atoms with Crippen LogP contribution in [0.4, 0.5) is 13.2 Å². The summed E-state index contributed by atoms with van der Waals surface area (Å²) in [5.74, 6) is -3.43. The molecule has 1 aliphatic heterocycles. The molecule has 0 fully saturated rings. The molecule has 0 bridgehead atoms. The van der Waals surface area contributed by atoms with E-state index in [1.807, 2.05) is 6.08 Å². The van der Waals surface area contributed by atoms with E-state index in [9.17, 15) is 13.2 Å². The molecular weight excluding hydrogens is 317 g/mol. The first-order valence-corrected chi connectivity index (χ1v) is 8.50. The summed E-state index contributed by atoms with van der Waals surface area (Å²) in [6, 6.07) is 0. The molecule has 0 aromatic rings. The van der Waals surface area contributed by atoms with Crippen molar-refractivity contribution in [3.05, 3.63) is 35.3 Å². The molecule has 2 rings (SSSR count). The summed E-state index contributed by atoms with van der Waals surface area (Å²) in [5.41, 5.74) is 1.46. The molecule has 0 amide bonds. The van der Waals surface area contributed by atoms with Gasteiger partial charge in [-0.2, -0.15) is 0 Å². The average molecular weight is 342 g/mol.